The van der Waals surface area contributed by atoms with Crippen LogP contribution in [0.2, 0.25) is 0 Å². The number of pyridine rings is 1. The van der Waals surface area contributed by atoms with Gasteiger partial charge < -0.3 is 5.32 Å². The summed E-state index contributed by atoms with van der Waals surface area (Å²) >= 11 is 0. The molecule has 0 spiro atoms. The highest BCUT2D eigenvalue weighted by Gasteiger charge is 2.30. The normalized spacial score (nSPS) is 28.4. The maximum Gasteiger partial charge on any atom is 0.0352 e. The van der Waals surface area contributed by atoms with Crippen LogP contribution in [0.3, 0.4) is 0 Å². The Balaban J connectivity index is 1.93. The zero-order valence-corrected chi connectivity index (χ0v) is 10.4. The van der Waals surface area contributed by atoms with E-state index in [1.165, 1.54) is 42.4 Å². The van der Waals surface area contributed by atoms with Gasteiger partial charge in [0.05, 0.1) is 0 Å². The first kappa shape index (κ1) is 11.0. The molecule has 2 atom stereocenters. The van der Waals surface area contributed by atoms with Crippen LogP contribution in [-0.2, 0) is 0 Å². The standard InChI is InChI=1S/C15H20N2/c1-11-8-13(10-16-9-11)14-6-2-4-12-5-3-7-17-15(12)14/h6,8-10,12,15,17H,2-5,7H2,1H3. The molecule has 1 aromatic rings. The molecule has 1 aromatic heterocycles. The van der Waals surface area contributed by atoms with Crippen LogP contribution in [0.4, 0.5) is 0 Å². The van der Waals surface area contributed by atoms with Crippen molar-refractivity contribution in [2.45, 2.75) is 38.6 Å². The molecule has 1 aliphatic carbocycles. The zero-order valence-electron chi connectivity index (χ0n) is 10.4. The summed E-state index contributed by atoms with van der Waals surface area (Å²) in [6.07, 6.45) is 11.6. The lowest BCUT2D eigenvalue weighted by molar-refractivity contribution is 0.304. The van der Waals surface area contributed by atoms with Crippen molar-refractivity contribution >= 4 is 5.57 Å². The molecule has 0 saturated carbocycles. The lowest BCUT2D eigenvalue weighted by Gasteiger charge is -2.37. The number of piperidine rings is 1. The second-order valence-corrected chi connectivity index (χ2v) is 5.32. The first-order valence-corrected chi connectivity index (χ1v) is 6.70. The van der Waals surface area contributed by atoms with Gasteiger partial charge in [-0.05, 0) is 67.8 Å². The van der Waals surface area contributed by atoms with E-state index < -0.39 is 0 Å². The van der Waals surface area contributed by atoms with Crippen molar-refractivity contribution in [1.29, 1.82) is 0 Å². The van der Waals surface area contributed by atoms with Gasteiger partial charge >= 0.3 is 0 Å². The monoisotopic (exact) mass is 228 g/mol. The molecule has 1 saturated heterocycles. The van der Waals surface area contributed by atoms with E-state index in [0.29, 0.717) is 6.04 Å². The number of aryl methyl sites for hydroxylation is 1. The molecular weight excluding hydrogens is 208 g/mol. The third-order valence-corrected chi connectivity index (χ3v) is 4.03. The summed E-state index contributed by atoms with van der Waals surface area (Å²) in [5.74, 6) is 0.837. The Kier molecular flexibility index (Phi) is 2.98. The van der Waals surface area contributed by atoms with Gasteiger partial charge in [-0.15, -0.1) is 0 Å². The summed E-state index contributed by atoms with van der Waals surface area (Å²) in [5.41, 5.74) is 4.05. The second kappa shape index (κ2) is 4.61. The number of hydrogen-bond acceptors (Lipinski definition) is 2. The Morgan fingerprint density at radius 3 is 3.12 bits per heavy atom. The number of aromatic nitrogens is 1. The maximum atomic E-state index is 4.33. The van der Waals surface area contributed by atoms with E-state index in [-0.39, 0.29) is 0 Å². The van der Waals surface area contributed by atoms with E-state index in [4.69, 9.17) is 0 Å². The van der Waals surface area contributed by atoms with Gasteiger partial charge in [-0.3, -0.25) is 4.98 Å². The quantitative estimate of drug-likeness (QED) is 0.799. The van der Waals surface area contributed by atoms with E-state index in [1.54, 1.807) is 0 Å². The first-order valence-electron chi connectivity index (χ1n) is 6.70. The number of allylic oxidation sites excluding steroid dienone is 1. The third-order valence-electron chi connectivity index (χ3n) is 4.03. The average molecular weight is 228 g/mol. The predicted octanol–water partition coefficient (Wildman–Crippen LogP) is 2.94. The van der Waals surface area contributed by atoms with Gasteiger partial charge in [0.1, 0.15) is 0 Å². The molecule has 0 aromatic carbocycles. The summed E-state index contributed by atoms with van der Waals surface area (Å²) in [7, 11) is 0. The third kappa shape index (κ3) is 2.14. The Bertz CT molecular complexity index is 436. The number of rotatable bonds is 1. The molecule has 0 bridgehead atoms. The predicted molar refractivity (Wildman–Crippen MR) is 70.7 cm³/mol. The molecular formula is C15H20N2. The second-order valence-electron chi connectivity index (χ2n) is 5.32. The van der Waals surface area contributed by atoms with Gasteiger partial charge in [-0.2, -0.15) is 0 Å². The molecule has 1 N–H and O–H groups in total. The molecule has 0 radical (unpaired) electrons. The zero-order chi connectivity index (χ0) is 11.7. The highest BCUT2D eigenvalue weighted by atomic mass is 14.9. The Morgan fingerprint density at radius 1 is 1.29 bits per heavy atom. The highest BCUT2D eigenvalue weighted by molar-refractivity contribution is 5.70. The molecule has 17 heavy (non-hydrogen) atoms. The minimum atomic E-state index is 0.570. The van der Waals surface area contributed by atoms with Crippen molar-refractivity contribution in [3.8, 4) is 0 Å². The van der Waals surface area contributed by atoms with E-state index in [0.717, 1.165) is 12.5 Å². The van der Waals surface area contributed by atoms with Gasteiger partial charge in [-0.25, -0.2) is 0 Å². The minimum absolute atomic E-state index is 0.570. The van der Waals surface area contributed by atoms with Gasteiger partial charge in [0.15, 0.2) is 0 Å². The summed E-state index contributed by atoms with van der Waals surface area (Å²) < 4.78 is 0. The largest absolute Gasteiger partial charge is 0.310 e. The fraction of sp³-hybridized carbons (Fsp3) is 0.533. The Morgan fingerprint density at radius 2 is 2.24 bits per heavy atom. The number of fused-ring (bicyclic) bond motifs is 1. The fourth-order valence-corrected chi connectivity index (χ4v) is 3.22. The van der Waals surface area contributed by atoms with Crippen molar-refractivity contribution in [1.82, 2.24) is 10.3 Å². The molecule has 2 unspecified atom stereocenters. The van der Waals surface area contributed by atoms with Crippen LogP contribution < -0.4 is 5.32 Å². The molecule has 2 aliphatic rings. The van der Waals surface area contributed by atoms with Crippen LogP contribution >= 0.6 is 0 Å². The van der Waals surface area contributed by atoms with Crippen molar-refractivity contribution in [3.05, 3.63) is 35.7 Å². The van der Waals surface area contributed by atoms with Gasteiger partial charge in [0.25, 0.3) is 0 Å². The molecule has 1 fully saturated rings. The van der Waals surface area contributed by atoms with Crippen LogP contribution in [0.25, 0.3) is 5.57 Å². The molecule has 90 valence electrons. The SMILES string of the molecule is Cc1cncc(C2=CCCC3CCCNC23)c1. The average Bonchev–Trinajstić information content (AvgIpc) is 2.38. The van der Waals surface area contributed by atoms with Gasteiger partial charge in [0.2, 0.25) is 0 Å². The molecule has 2 heteroatoms. The summed E-state index contributed by atoms with van der Waals surface area (Å²) in [6.45, 7) is 3.28. The van der Waals surface area contributed by atoms with E-state index >= 15 is 0 Å². The summed E-state index contributed by atoms with van der Waals surface area (Å²) in [4.78, 5) is 4.33. The molecule has 2 heterocycles. The van der Waals surface area contributed by atoms with Crippen LogP contribution in [0.15, 0.2) is 24.5 Å². The Labute approximate surface area is 103 Å². The van der Waals surface area contributed by atoms with Gasteiger partial charge in [0, 0.05) is 18.4 Å². The summed E-state index contributed by atoms with van der Waals surface area (Å²) in [6, 6.07) is 2.83. The van der Waals surface area contributed by atoms with E-state index in [1.807, 2.05) is 12.4 Å². The maximum absolute atomic E-state index is 4.33. The summed E-state index contributed by atoms with van der Waals surface area (Å²) in [5, 5.41) is 3.69. The van der Waals surface area contributed by atoms with E-state index in [2.05, 4.69) is 29.4 Å². The molecule has 0 amide bonds. The molecule has 2 nitrogen and oxygen atoms in total. The van der Waals surface area contributed by atoms with Crippen molar-refractivity contribution in [3.63, 3.8) is 0 Å². The molecule has 1 aliphatic heterocycles. The van der Waals surface area contributed by atoms with Crippen molar-refractivity contribution in [2.75, 3.05) is 6.54 Å². The topological polar surface area (TPSA) is 24.9 Å². The fourth-order valence-electron chi connectivity index (χ4n) is 3.22. The van der Waals surface area contributed by atoms with Crippen molar-refractivity contribution in [2.24, 2.45) is 5.92 Å². The van der Waals surface area contributed by atoms with Crippen LogP contribution in [-0.4, -0.2) is 17.6 Å². The smallest absolute Gasteiger partial charge is 0.0352 e. The van der Waals surface area contributed by atoms with E-state index in [9.17, 15) is 0 Å². The lowest BCUT2D eigenvalue weighted by Crippen LogP contribution is -2.43. The number of hydrogen-bond donors (Lipinski definition) is 1. The Hall–Kier alpha value is -1.15. The minimum Gasteiger partial charge on any atom is -0.310 e. The van der Waals surface area contributed by atoms with Crippen LogP contribution in [0.1, 0.15) is 36.8 Å². The molecule has 3 rings (SSSR count). The van der Waals surface area contributed by atoms with Crippen molar-refractivity contribution < 1.29 is 0 Å². The first-order chi connectivity index (χ1) is 8.34. The van der Waals surface area contributed by atoms with Crippen LogP contribution in [0.5, 0.6) is 0 Å². The lowest BCUT2D eigenvalue weighted by atomic mass is 9.77. The number of nitrogens with one attached hydrogen (secondary N) is 1. The highest BCUT2D eigenvalue weighted by Crippen LogP contribution is 2.35. The van der Waals surface area contributed by atoms with Crippen LogP contribution in [0, 0.1) is 12.8 Å². The number of nitrogens with zero attached hydrogens (tertiary/aromatic N) is 1. The van der Waals surface area contributed by atoms with Gasteiger partial charge in [-0.1, -0.05) is 6.08 Å².